The molecule has 0 saturated heterocycles. The fraction of sp³-hybridized carbons (Fsp3) is 0.429. The van der Waals surface area contributed by atoms with E-state index in [2.05, 4.69) is 10.5 Å². The zero-order chi connectivity index (χ0) is 23.0. The van der Waals surface area contributed by atoms with E-state index in [1.54, 1.807) is 38.2 Å². The molecule has 168 valence electrons. The lowest BCUT2D eigenvalue weighted by atomic mass is 9.78. The summed E-state index contributed by atoms with van der Waals surface area (Å²) in [5.74, 6) is -0.966. The van der Waals surface area contributed by atoms with E-state index in [4.69, 9.17) is 39.6 Å². The van der Waals surface area contributed by atoms with Gasteiger partial charge in [-0.15, -0.1) is 11.6 Å². The molecule has 3 rings (SSSR count). The van der Waals surface area contributed by atoms with Gasteiger partial charge in [-0.05, 0) is 18.2 Å². The third-order valence-electron chi connectivity index (χ3n) is 5.31. The van der Waals surface area contributed by atoms with Crippen molar-refractivity contribution in [1.82, 2.24) is 5.32 Å². The van der Waals surface area contributed by atoms with Gasteiger partial charge >= 0.3 is 6.18 Å². The number of carbonyl (C=O) groups is 1. The molecular formula is C21H20Cl3F3N2O2. The number of alkyl halides is 4. The Kier molecular flexibility index (Phi) is 6.71. The number of rotatable bonds is 5. The number of hydrogen-bond donors (Lipinski definition) is 1. The molecule has 1 amide bonds. The molecule has 10 heteroatoms. The summed E-state index contributed by atoms with van der Waals surface area (Å²) in [6.07, 6.45) is 1.15. The Balaban J connectivity index is 1.93. The Morgan fingerprint density at radius 2 is 1.90 bits per heavy atom. The van der Waals surface area contributed by atoms with Crippen LogP contribution in [-0.2, 0) is 15.2 Å². The Labute approximate surface area is 193 Å². The average Bonchev–Trinajstić information content (AvgIpc) is 3.14. The maximum atomic E-state index is 14.3. The summed E-state index contributed by atoms with van der Waals surface area (Å²) in [6.45, 7) is 3.60. The minimum Gasteiger partial charge on any atom is -0.374 e. The number of oxime groups is 1. The molecule has 0 fully saturated rings. The van der Waals surface area contributed by atoms with Crippen molar-refractivity contribution in [2.45, 2.75) is 36.9 Å². The van der Waals surface area contributed by atoms with Crippen LogP contribution < -0.4 is 5.32 Å². The first-order valence-electron chi connectivity index (χ1n) is 9.50. The Bertz CT molecular complexity index is 941. The van der Waals surface area contributed by atoms with E-state index in [1.165, 1.54) is 6.07 Å². The number of carbonyl (C=O) groups excluding carboxylic acids is 1. The topological polar surface area (TPSA) is 50.7 Å². The summed E-state index contributed by atoms with van der Waals surface area (Å²) >= 11 is 18.7. The first-order chi connectivity index (χ1) is 14.4. The normalized spacial score (nSPS) is 27.9. The minimum absolute atomic E-state index is 0.00742. The molecule has 1 heterocycles. The van der Waals surface area contributed by atoms with Crippen LogP contribution in [0.2, 0.25) is 10.0 Å². The SMILES string of the molecule is CC(C)C(=O)NCC1C=CC=CC1(Cl)C1=NOC(c2cc(Cl)cc(Cl)c2)(C(F)(F)F)C1. The molecule has 1 aliphatic heterocycles. The number of nitrogens with one attached hydrogen (secondary N) is 1. The highest BCUT2D eigenvalue weighted by molar-refractivity contribution is 6.38. The van der Waals surface area contributed by atoms with E-state index in [0.29, 0.717) is 0 Å². The molecule has 1 aromatic rings. The molecule has 0 bridgehead atoms. The average molecular weight is 496 g/mol. The van der Waals surface area contributed by atoms with Gasteiger partial charge in [0.1, 0.15) is 4.87 Å². The predicted octanol–water partition coefficient (Wildman–Crippen LogP) is 6.02. The zero-order valence-electron chi connectivity index (χ0n) is 16.6. The number of halogens is 6. The first kappa shape index (κ1) is 24.0. The highest BCUT2D eigenvalue weighted by Gasteiger charge is 2.64. The molecule has 31 heavy (non-hydrogen) atoms. The van der Waals surface area contributed by atoms with Crippen molar-refractivity contribution in [1.29, 1.82) is 0 Å². The van der Waals surface area contributed by atoms with Gasteiger partial charge in [-0.1, -0.05) is 66.5 Å². The van der Waals surface area contributed by atoms with Gasteiger partial charge < -0.3 is 10.2 Å². The van der Waals surface area contributed by atoms with Gasteiger partial charge in [-0.2, -0.15) is 13.2 Å². The van der Waals surface area contributed by atoms with Gasteiger partial charge in [0.25, 0.3) is 5.60 Å². The van der Waals surface area contributed by atoms with E-state index in [-0.39, 0.29) is 39.7 Å². The molecule has 1 aliphatic carbocycles. The maximum absolute atomic E-state index is 14.3. The van der Waals surface area contributed by atoms with Crippen LogP contribution in [0.25, 0.3) is 0 Å². The third kappa shape index (κ3) is 4.59. The van der Waals surface area contributed by atoms with Crippen LogP contribution >= 0.6 is 34.8 Å². The summed E-state index contributed by atoms with van der Waals surface area (Å²) in [5, 5.41) is 6.63. The summed E-state index contributed by atoms with van der Waals surface area (Å²) in [7, 11) is 0. The van der Waals surface area contributed by atoms with Crippen molar-refractivity contribution >= 4 is 46.4 Å². The number of nitrogens with zero attached hydrogens (tertiary/aromatic N) is 1. The van der Waals surface area contributed by atoms with Crippen molar-refractivity contribution in [3.8, 4) is 0 Å². The summed E-state index contributed by atoms with van der Waals surface area (Å²) in [5.41, 5.74) is -3.05. The maximum Gasteiger partial charge on any atom is 0.435 e. The van der Waals surface area contributed by atoms with Crippen molar-refractivity contribution in [2.24, 2.45) is 17.0 Å². The van der Waals surface area contributed by atoms with Gasteiger partial charge in [-0.25, -0.2) is 0 Å². The van der Waals surface area contributed by atoms with Crippen LogP contribution in [-0.4, -0.2) is 29.2 Å². The largest absolute Gasteiger partial charge is 0.435 e. The fourth-order valence-corrected chi connectivity index (χ4v) is 4.35. The molecule has 1 N–H and O–H groups in total. The Morgan fingerprint density at radius 1 is 1.26 bits per heavy atom. The molecule has 3 unspecified atom stereocenters. The van der Waals surface area contributed by atoms with Crippen molar-refractivity contribution in [3.05, 3.63) is 58.1 Å². The lowest BCUT2D eigenvalue weighted by molar-refractivity contribution is -0.275. The monoisotopic (exact) mass is 494 g/mol. The van der Waals surface area contributed by atoms with E-state index in [1.807, 2.05) is 0 Å². The number of amides is 1. The van der Waals surface area contributed by atoms with Crippen molar-refractivity contribution in [2.75, 3.05) is 6.54 Å². The molecule has 0 radical (unpaired) electrons. The van der Waals surface area contributed by atoms with Crippen molar-refractivity contribution in [3.63, 3.8) is 0 Å². The Morgan fingerprint density at radius 3 is 2.48 bits per heavy atom. The second-order valence-corrected chi connectivity index (χ2v) is 9.31. The van der Waals surface area contributed by atoms with Crippen LogP contribution in [0.5, 0.6) is 0 Å². The molecule has 2 aliphatic rings. The number of allylic oxidation sites excluding steroid dienone is 3. The zero-order valence-corrected chi connectivity index (χ0v) is 18.9. The minimum atomic E-state index is -4.82. The molecule has 0 spiro atoms. The van der Waals surface area contributed by atoms with Crippen LogP contribution in [0.1, 0.15) is 25.8 Å². The summed E-state index contributed by atoms with van der Waals surface area (Å²) in [6, 6.07) is 3.63. The van der Waals surface area contributed by atoms with Crippen LogP contribution in [0.3, 0.4) is 0 Å². The molecule has 1 aromatic carbocycles. The standard InChI is InChI=1S/C21H20Cl3F3N2O2/c1-12(2)18(30)28-11-13-5-3-4-6-19(13,24)17-10-20(31-29-17,21(25,26)27)14-7-15(22)9-16(23)8-14/h3-9,12-13H,10-11H2,1-2H3,(H,28,30). The second-order valence-electron chi connectivity index (χ2n) is 7.81. The van der Waals surface area contributed by atoms with Gasteiger partial charge in [0.2, 0.25) is 5.91 Å². The highest BCUT2D eigenvalue weighted by Crippen LogP contribution is 2.52. The fourth-order valence-electron chi connectivity index (χ4n) is 3.50. The van der Waals surface area contributed by atoms with Crippen LogP contribution in [0, 0.1) is 11.8 Å². The quantitative estimate of drug-likeness (QED) is 0.508. The van der Waals surface area contributed by atoms with Gasteiger partial charge in [-0.3, -0.25) is 4.79 Å². The van der Waals surface area contributed by atoms with Gasteiger partial charge in [0, 0.05) is 40.4 Å². The highest BCUT2D eigenvalue weighted by atomic mass is 35.5. The predicted molar refractivity (Wildman–Crippen MR) is 116 cm³/mol. The summed E-state index contributed by atoms with van der Waals surface area (Å²) < 4.78 is 42.8. The molecule has 4 nitrogen and oxygen atoms in total. The van der Waals surface area contributed by atoms with Gasteiger partial charge in [0.05, 0.1) is 5.71 Å². The number of benzene rings is 1. The first-order valence-corrected chi connectivity index (χ1v) is 10.6. The van der Waals surface area contributed by atoms with E-state index in [9.17, 15) is 18.0 Å². The third-order valence-corrected chi connectivity index (χ3v) is 6.37. The lowest BCUT2D eigenvalue weighted by Crippen LogP contribution is -2.48. The van der Waals surface area contributed by atoms with E-state index in [0.717, 1.165) is 12.1 Å². The van der Waals surface area contributed by atoms with Crippen molar-refractivity contribution < 1.29 is 22.8 Å². The van der Waals surface area contributed by atoms with Crippen LogP contribution in [0.4, 0.5) is 13.2 Å². The smallest absolute Gasteiger partial charge is 0.374 e. The summed E-state index contributed by atoms with van der Waals surface area (Å²) in [4.78, 5) is 15.6. The van der Waals surface area contributed by atoms with Gasteiger partial charge in [0.15, 0.2) is 0 Å². The van der Waals surface area contributed by atoms with E-state index >= 15 is 0 Å². The Hall–Kier alpha value is -1.70. The molecular weight excluding hydrogens is 476 g/mol. The van der Waals surface area contributed by atoms with E-state index < -0.39 is 29.0 Å². The molecule has 0 saturated carbocycles. The molecule has 3 atom stereocenters. The lowest BCUT2D eigenvalue weighted by Gasteiger charge is -2.34. The number of hydrogen-bond acceptors (Lipinski definition) is 3. The van der Waals surface area contributed by atoms with Crippen LogP contribution in [0.15, 0.2) is 47.7 Å². The second kappa shape index (κ2) is 8.68. The molecule has 0 aromatic heterocycles.